The number of nitrogens with zero attached hydrogens (tertiary/aromatic N) is 2. The smallest absolute Gasteiger partial charge is 0.264 e. The maximum Gasteiger partial charge on any atom is 0.264 e. The van der Waals surface area contributed by atoms with E-state index >= 15 is 0 Å². The zero-order valence-corrected chi connectivity index (χ0v) is 17.3. The van der Waals surface area contributed by atoms with Crippen molar-refractivity contribution in [3.63, 3.8) is 0 Å². The number of hydrogen-bond donors (Lipinski definition) is 1. The van der Waals surface area contributed by atoms with Crippen LogP contribution in [0, 0.1) is 13.8 Å². The number of nitrogens with one attached hydrogen (secondary N) is 1. The van der Waals surface area contributed by atoms with E-state index in [1.165, 1.54) is 11.3 Å². The lowest BCUT2D eigenvalue weighted by atomic mass is 10.1. The molecule has 2 aromatic carbocycles. The molecule has 0 saturated heterocycles. The number of rotatable bonds is 8. The zero-order chi connectivity index (χ0) is 19.8. The molecule has 5 nitrogen and oxygen atoms in total. The highest BCUT2D eigenvalue weighted by Gasteiger charge is 2.10. The van der Waals surface area contributed by atoms with Gasteiger partial charge in [-0.2, -0.15) is 0 Å². The summed E-state index contributed by atoms with van der Waals surface area (Å²) in [5.74, 6) is 1.25. The van der Waals surface area contributed by atoms with Crippen LogP contribution in [0.5, 0.6) is 5.75 Å². The second kappa shape index (κ2) is 10.1. The molecule has 28 heavy (non-hydrogen) atoms. The number of hydrogen-bond acceptors (Lipinski definition) is 6. The first-order valence-electron chi connectivity index (χ1n) is 8.78. The summed E-state index contributed by atoms with van der Waals surface area (Å²) in [5.41, 5.74) is 3.33. The molecule has 0 unspecified atom stereocenters. The van der Waals surface area contributed by atoms with Crippen LogP contribution < -0.4 is 10.1 Å². The SMILES string of the molecule is Cc1cccc(OCC(=O)Nc2nnc(SC/C=C/c3ccccc3)s2)c1C. The van der Waals surface area contributed by atoms with Gasteiger partial charge in [-0.15, -0.1) is 10.2 Å². The van der Waals surface area contributed by atoms with Crippen molar-refractivity contribution in [1.82, 2.24) is 10.2 Å². The summed E-state index contributed by atoms with van der Waals surface area (Å²) in [4.78, 5) is 12.1. The number of ether oxygens (including phenoxy) is 1. The van der Waals surface area contributed by atoms with Crippen LogP contribution in [0.25, 0.3) is 6.08 Å². The highest BCUT2D eigenvalue weighted by atomic mass is 32.2. The lowest BCUT2D eigenvalue weighted by Gasteiger charge is -2.10. The van der Waals surface area contributed by atoms with E-state index < -0.39 is 0 Å². The number of carbonyl (C=O) groups is 1. The molecule has 1 heterocycles. The standard InChI is InChI=1S/C21H21N3O2S2/c1-15-8-6-12-18(16(15)2)26-14-19(25)22-20-23-24-21(28-20)27-13-7-11-17-9-4-3-5-10-17/h3-12H,13-14H2,1-2H3,(H,22,23,25)/b11-7+. The minimum absolute atomic E-state index is 0.0633. The Balaban J connectivity index is 1.44. The van der Waals surface area contributed by atoms with Crippen LogP contribution in [-0.2, 0) is 4.79 Å². The number of anilines is 1. The van der Waals surface area contributed by atoms with Gasteiger partial charge in [-0.25, -0.2) is 0 Å². The molecule has 0 aliphatic heterocycles. The number of benzene rings is 2. The monoisotopic (exact) mass is 411 g/mol. The van der Waals surface area contributed by atoms with E-state index in [1.807, 2.05) is 50.2 Å². The van der Waals surface area contributed by atoms with Gasteiger partial charge in [0.15, 0.2) is 10.9 Å². The Morgan fingerprint density at radius 1 is 1.14 bits per heavy atom. The third-order valence-corrected chi connectivity index (χ3v) is 5.90. The van der Waals surface area contributed by atoms with E-state index in [0.29, 0.717) is 10.9 Å². The molecule has 144 valence electrons. The van der Waals surface area contributed by atoms with E-state index in [-0.39, 0.29) is 12.5 Å². The number of amides is 1. The second-order valence-corrected chi connectivity index (χ2v) is 8.28. The van der Waals surface area contributed by atoms with Crippen LogP contribution in [-0.4, -0.2) is 28.5 Å². The van der Waals surface area contributed by atoms with Crippen molar-refractivity contribution in [3.05, 3.63) is 71.3 Å². The summed E-state index contributed by atoms with van der Waals surface area (Å²) in [6.45, 7) is 3.92. The van der Waals surface area contributed by atoms with E-state index in [1.54, 1.807) is 11.8 Å². The molecule has 0 aliphatic carbocycles. The van der Waals surface area contributed by atoms with Gasteiger partial charge in [0, 0.05) is 5.75 Å². The minimum Gasteiger partial charge on any atom is -0.483 e. The van der Waals surface area contributed by atoms with Crippen molar-refractivity contribution in [1.29, 1.82) is 0 Å². The third-order valence-electron chi connectivity index (χ3n) is 3.98. The molecule has 0 atom stereocenters. The van der Waals surface area contributed by atoms with Gasteiger partial charge in [0.2, 0.25) is 5.13 Å². The van der Waals surface area contributed by atoms with Crippen LogP contribution in [0.1, 0.15) is 16.7 Å². The molecule has 3 rings (SSSR count). The van der Waals surface area contributed by atoms with Crippen LogP contribution in [0.15, 0.2) is 58.9 Å². The quantitative estimate of drug-likeness (QED) is 0.418. The van der Waals surface area contributed by atoms with E-state index in [2.05, 4.69) is 39.8 Å². The number of thioether (sulfide) groups is 1. The molecule has 0 aliphatic rings. The Labute approximate surface area is 172 Å². The maximum absolute atomic E-state index is 12.1. The van der Waals surface area contributed by atoms with E-state index in [0.717, 1.165) is 26.8 Å². The Bertz CT molecular complexity index is 955. The Kier molecular flexibility index (Phi) is 7.22. The van der Waals surface area contributed by atoms with Crippen LogP contribution in [0.3, 0.4) is 0 Å². The Morgan fingerprint density at radius 2 is 1.96 bits per heavy atom. The van der Waals surface area contributed by atoms with Crippen LogP contribution in [0.4, 0.5) is 5.13 Å². The summed E-state index contributed by atoms with van der Waals surface area (Å²) < 4.78 is 6.42. The minimum atomic E-state index is -0.252. The second-order valence-electron chi connectivity index (χ2n) is 6.03. The first-order chi connectivity index (χ1) is 13.6. The average Bonchev–Trinajstić information content (AvgIpc) is 3.14. The van der Waals surface area contributed by atoms with Gasteiger partial charge in [0.1, 0.15) is 5.75 Å². The zero-order valence-electron chi connectivity index (χ0n) is 15.7. The summed E-state index contributed by atoms with van der Waals surface area (Å²) in [6.07, 6.45) is 4.15. The molecular weight excluding hydrogens is 390 g/mol. The molecule has 0 bridgehead atoms. The van der Waals surface area contributed by atoms with Gasteiger partial charge < -0.3 is 4.74 Å². The summed E-state index contributed by atoms with van der Waals surface area (Å²) in [5, 5.41) is 11.3. The van der Waals surface area contributed by atoms with E-state index in [4.69, 9.17) is 4.74 Å². The first kappa shape index (κ1) is 20.1. The Hall–Kier alpha value is -2.64. The fraction of sp³-hybridized carbons (Fsp3) is 0.190. The van der Waals surface area contributed by atoms with Gasteiger partial charge in [0.25, 0.3) is 5.91 Å². The fourth-order valence-corrected chi connectivity index (χ4v) is 3.97. The fourth-order valence-electron chi connectivity index (χ4n) is 2.37. The van der Waals surface area contributed by atoms with Crippen molar-refractivity contribution in [3.8, 4) is 5.75 Å². The van der Waals surface area contributed by atoms with Crippen LogP contribution in [0.2, 0.25) is 0 Å². The van der Waals surface area contributed by atoms with Gasteiger partial charge in [-0.3, -0.25) is 10.1 Å². The molecule has 0 spiro atoms. The normalized spacial score (nSPS) is 10.9. The first-order valence-corrected chi connectivity index (χ1v) is 10.6. The molecule has 0 fully saturated rings. The van der Waals surface area contributed by atoms with Crippen molar-refractivity contribution in [2.45, 2.75) is 18.2 Å². The predicted octanol–water partition coefficient (Wildman–Crippen LogP) is 4.98. The molecule has 3 aromatic rings. The highest BCUT2D eigenvalue weighted by molar-refractivity contribution is 8.01. The molecule has 1 aromatic heterocycles. The largest absolute Gasteiger partial charge is 0.483 e. The Morgan fingerprint density at radius 3 is 2.79 bits per heavy atom. The van der Waals surface area contributed by atoms with Crippen molar-refractivity contribution >= 4 is 40.2 Å². The van der Waals surface area contributed by atoms with Crippen molar-refractivity contribution in [2.75, 3.05) is 17.7 Å². The topological polar surface area (TPSA) is 64.1 Å². The summed E-state index contributed by atoms with van der Waals surface area (Å²) >= 11 is 2.93. The molecule has 7 heteroatoms. The maximum atomic E-state index is 12.1. The van der Waals surface area contributed by atoms with Gasteiger partial charge in [0.05, 0.1) is 0 Å². The lowest BCUT2D eigenvalue weighted by molar-refractivity contribution is -0.118. The third kappa shape index (κ3) is 5.94. The van der Waals surface area contributed by atoms with Gasteiger partial charge >= 0.3 is 0 Å². The van der Waals surface area contributed by atoms with Gasteiger partial charge in [-0.05, 0) is 36.6 Å². The molecule has 1 amide bonds. The highest BCUT2D eigenvalue weighted by Crippen LogP contribution is 2.26. The molecule has 0 saturated carbocycles. The van der Waals surface area contributed by atoms with E-state index in [9.17, 15) is 4.79 Å². The van der Waals surface area contributed by atoms with Crippen molar-refractivity contribution < 1.29 is 9.53 Å². The number of aromatic nitrogens is 2. The number of aryl methyl sites for hydroxylation is 1. The summed E-state index contributed by atoms with van der Waals surface area (Å²) in [6, 6.07) is 15.9. The number of carbonyl (C=O) groups excluding carboxylic acids is 1. The van der Waals surface area contributed by atoms with Crippen molar-refractivity contribution in [2.24, 2.45) is 0 Å². The predicted molar refractivity (Wildman–Crippen MR) is 116 cm³/mol. The molecule has 0 radical (unpaired) electrons. The molecule has 1 N–H and O–H groups in total. The average molecular weight is 412 g/mol. The lowest BCUT2D eigenvalue weighted by Crippen LogP contribution is -2.20. The van der Waals surface area contributed by atoms with Crippen LogP contribution >= 0.6 is 23.1 Å². The summed E-state index contributed by atoms with van der Waals surface area (Å²) in [7, 11) is 0. The molecular formula is C21H21N3O2S2. The van der Waals surface area contributed by atoms with Gasteiger partial charge in [-0.1, -0.05) is 77.7 Å².